The molecule has 96 valence electrons. The third kappa shape index (κ3) is 15.9. The fraction of sp³-hybridized carbons (Fsp3) is 0.667. The predicted molar refractivity (Wildman–Crippen MR) is 68.8 cm³/mol. The van der Waals surface area contributed by atoms with E-state index in [1.165, 1.54) is 25.5 Å². The van der Waals surface area contributed by atoms with E-state index in [1.807, 2.05) is 0 Å². The minimum Gasteiger partial charge on any atom is -1.00 e. The fourth-order valence-corrected chi connectivity index (χ4v) is 1.15. The fourth-order valence-electron chi connectivity index (χ4n) is 1.15. The van der Waals surface area contributed by atoms with E-state index >= 15 is 0 Å². The van der Waals surface area contributed by atoms with Crippen molar-refractivity contribution in [1.82, 2.24) is 0 Å². The standard InChI is InChI=1S/C12H20O4.Ca.2H/c1-2-3-4-5-6-7-10-16-12(15)9-8-11(13)14;;;/h7,10H,2-6,8-9H2,1H3,(H,13,14);;;/q;+2;2*-1/b10-7+;;;. The minimum absolute atomic E-state index is 0. The number of hydrogen-bond acceptors (Lipinski definition) is 3. The number of esters is 1. The molecule has 0 aromatic rings. The second-order valence-corrected chi connectivity index (χ2v) is 3.60. The van der Waals surface area contributed by atoms with Crippen molar-refractivity contribution in [3.63, 3.8) is 0 Å². The molecule has 17 heavy (non-hydrogen) atoms. The number of carboxylic acids is 1. The molecule has 0 aliphatic carbocycles. The molecular weight excluding hydrogens is 248 g/mol. The molecule has 0 bridgehead atoms. The van der Waals surface area contributed by atoms with Gasteiger partial charge in [-0.1, -0.05) is 26.2 Å². The summed E-state index contributed by atoms with van der Waals surface area (Å²) in [6.07, 6.45) is 8.51. The van der Waals surface area contributed by atoms with E-state index in [1.54, 1.807) is 6.08 Å². The summed E-state index contributed by atoms with van der Waals surface area (Å²) in [6, 6.07) is 0. The smallest absolute Gasteiger partial charge is 1.00 e. The number of rotatable bonds is 9. The second-order valence-electron chi connectivity index (χ2n) is 3.60. The second kappa shape index (κ2) is 14.0. The van der Waals surface area contributed by atoms with Crippen LogP contribution in [0.3, 0.4) is 0 Å². The van der Waals surface area contributed by atoms with Crippen molar-refractivity contribution in [2.24, 2.45) is 0 Å². The van der Waals surface area contributed by atoms with Gasteiger partial charge in [-0.25, -0.2) is 0 Å². The first-order valence-corrected chi connectivity index (χ1v) is 5.73. The summed E-state index contributed by atoms with van der Waals surface area (Å²) in [5.74, 6) is -1.48. The maximum atomic E-state index is 10.9. The van der Waals surface area contributed by atoms with Crippen molar-refractivity contribution in [1.29, 1.82) is 0 Å². The molecule has 0 aromatic carbocycles. The molecule has 0 aromatic heterocycles. The van der Waals surface area contributed by atoms with E-state index < -0.39 is 11.9 Å². The molecule has 0 aliphatic heterocycles. The monoisotopic (exact) mass is 270 g/mol. The third-order valence-electron chi connectivity index (χ3n) is 2.06. The van der Waals surface area contributed by atoms with Crippen LogP contribution in [-0.2, 0) is 14.3 Å². The number of carboxylic acid groups (broad SMARTS) is 1. The zero-order chi connectivity index (χ0) is 12.2. The number of carbonyl (C=O) groups is 2. The first-order chi connectivity index (χ1) is 7.66. The molecule has 0 amide bonds. The molecule has 0 saturated heterocycles. The Bertz CT molecular complexity index is 248. The molecule has 0 spiro atoms. The number of allylic oxidation sites excluding steroid dienone is 1. The van der Waals surface area contributed by atoms with E-state index in [0.717, 1.165) is 12.8 Å². The van der Waals surface area contributed by atoms with Crippen LogP contribution in [0.4, 0.5) is 0 Å². The summed E-state index contributed by atoms with van der Waals surface area (Å²) in [5.41, 5.74) is 0. The van der Waals surface area contributed by atoms with Gasteiger partial charge in [-0.3, -0.25) is 9.59 Å². The van der Waals surface area contributed by atoms with Gasteiger partial charge in [-0.2, -0.15) is 0 Å². The van der Waals surface area contributed by atoms with Gasteiger partial charge in [0.05, 0.1) is 19.1 Å². The average molecular weight is 270 g/mol. The quantitative estimate of drug-likeness (QED) is 0.303. The van der Waals surface area contributed by atoms with Gasteiger partial charge < -0.3 is 12.7 Å². The zero-order valence-corrected chi connectivity index (χ0v) is 12.7. The van der Waals surface area contributed by atoms with E-state index in [2.05, 4.69) is 6.92 Å². The van der Waals surface area contributed by atoms with Crippen LogP contribution >= 0.6 is 0 Å². The van der Waals surface area contributed by atoms with Crippen LogP contribution in [0.1, 0.15) is 54.7 Å². The van der Waals surface area contributed by atoms with Crippen molar-refractivity contribution in [3.05, 3.63) is 12.3 Å². The summed E-state index contributed by atoms with van der Waals surface area (Å²) < 4.78 is 4.72. The number of carbonyl (C=O) groups excluding carboxylic acids is 1. The normalized spacial score (nSPS) is 9.94. The molecule has 0 aliphatic rings. The van der Waals surface area contributed by atoms with Crippen LogP contribution in [-0.4, -0.2) is 54.8 Å². The Morgan fingerprint density at radius 3 is 2.53 bits per heavy atom. The third-order valence-corrected chi connectivity index (χ3v) is 2.06. The maximum absolute atomic E-state index is 10.9. The SMILES string of the molecule is CCCCCC/C=C/OC(=O)CCC(=O)O.[Ca+2].[H-].[H-]. The Morgan fingerprint density at radius 2 is 1.94 bits per heavy atom. The molecule has 4 nitrogen and oxygen atoms in total. The van der Waals surface area contributed by atoms with Crippen LogP contribution < -0.4 is 0 Å². The Labute approximate surface area is 135 Å². The van der Waals surface area contributed by atoms with Crippen LogP contribution in [0, 0.1) is 0 Å². The van der Waals surface area contributed by atoms with Gasteiger partial charge >= 0.3 is 49.7 Å². The van der Waals surface area contributed by atoms with Crippen LogP contribution in [0.25, 0.3) is 0 Å². The molecule has 0 rings (SSSR count). The van der Waals surface area contributed by atoms with Gasteiger partial charge in [0.2, 0.25) is 0 Å². The molecule has 0 fully saturated rings. The number of unbranched alkanes of at least 4 members (excludes halogenated alkanes) is 4. The Balaban J connectivity index is -0.000000375. The van der Waals surface area contributed by atoms with Crippen molar-refractivity contribution in [3.8, 4) is 0 Å². The first kappa shape index (κ1) is 19.3. The molecule has 0 heterocycles. The molecule has 0 radical (unpaired) electrons. The van der Waals surface area contributed by atoms with E-state index in [0.29, 0.717) is 0 Å². The maximum Gasteiger partial charge on any atom is 2.00 e. The van der Waals surface area contributed by atoms with Gasteiger partial charge in [0.15, 0.2) is 0 Å². The average Bonchev–Trinajstić information content (AvgIpc) is 2.25. The first-order valence-electron chi connectivity index (χ1n) is 5.73. The molecule has 0 atom stereocenters. The molecule has 1 N–H and O–H groups in total. The van der Waals surface area contributed by atoms with Gasteiger partial charge in [-0.15, -0.1) is 0 Å². The summed E-state index contributed by atoms with van der Waals surface area (Å²) in [7, 11) is 0. The summed E-state index contributed by atoms with van der Waals surface area (Å²) in [5, 5.41) is 8.33. The molecule has 5 heteroatoms. The largest absolute Gasteiger partial charge is 2.00 e. The van der Waals surface area contributed by atoms with Gasteiger partial charge in [-0.05, 0) is 18.9 Å². The van der Waals surface area contributed by atoms with Gasteiger partial charge in [0.1, 0.15) is 0 Å². The van der Waals surface area contributed by atoms with E-state index in [9.17, 15) is 9.59 Å². The predicted octanol–water partition coefficient (Wildman–Crippen LogP) is 2.72. The summed E-state index contributed by atoms with van der Waals surface area (Å²) >= 11 is 0. The zero-order valence-electron chi connectivity index (χ0n) is 12.5. The van der Waals surface area contributed by atoms with E-state index in [4.69, 9.17) is 9.84 Å². The van der Waals surface area contributed by atoms with Gasteiger partial charge in [0, 0.05) is 0 Å². The topological polar surface area (TPSA) is 63.6 Å². The number of hydrogen-bond donors (Lipinski definition) is 1. The summed E-state index contributed by atoms with van der Waals surface area (Å²) in [4.78, 5) is 21.1. The summed E-state index contributed by atoms with van der Waals surface area (Å²) in [6.45, 7) is 2.15. The van der Waals surface area contributed by atoms with Crippen molar-refractivity contribution in [2.45, 2.75) is 51.9 Å². The number of aliphatic carboxylic acids is 1. The van der Waals surface area contributed by atoms with Crippen molar-refractivity contribution < 1.29 is 22.3 Å². The van der Waals surface area contributed by atoms with Crippen LogP contribution in [0.5, 0.6) is 0 Å². The Morgan fingerprint density at radius 1 is 1.24 bits per heavy atom. The van der Waals surface area contributed by atoms with Gasteiger partial charge in [0.25, 0.3) is 0 Å². The molecular formula is C12H22CaO4. The minimum atomic E-state index is -0.986. The number of ether oxygens (including phenoxy) is 1. The molecule has 0 unspecified atom stereocenters. The van der Waals surface area contributed by atoms with Crippen molar-refractivity contribution in [2.75, 3.05) is 0 Å². The van der Waals surface area contributed by atoms with Crippen LogP contribution in [0.2, 0.25) is 0 Å². The van der Waals surface area contributed by atoms with Crippen molar-refractivity contribution >= 4 is 49.7 Å². The van der Waals surface area contributed by atoms with Crippen LogP contribution in [0.15, 0.2) is 12.3 Å². The Hall–Kier alpha value is -0.0603. The Kier molecular flexibility index (Phi) is 15.9. The van der Waals surface area contributed by atoms with E-state index in [-0.39, 0.29) is 53.4 Å². The molecule has 0 saturated carbocycles.